The van der Waals surface area contributed by atoms with Gasteiger partial charge >= 0.3 is 0 Å². The lowest BCUT2D eigenvalue weighted by Crippen LogP contribution is -2.14. The van der Waals surface area contributed by atoms with E-state index in [0.29, 0.717) is 0 Å². The van der Waals surface area contributed by atoms with Crippen LogP contribution in [-0.4, -0.2) is 21.4 Å². The predicted molar refractivity (Wildman–Crippen MR) is 39.5 cm³/mol. The first kappa shape index (κ1) is 9.80. The van der Waals surface area contributed by atoms with Crippen LogP contribution in [0, 0.1) is 5.92 Å². The second-order valence-corrected chi connectivity index (χ2v) is 4.06. The molecule has 0 aromatic rings. The van der Waals surface area contributed by atoms with Crippen molar-refractivity contribution in [1.29, 1.82) is 0 Å². The van der Waals surface area contributed by atoms with Crippen LogP contribution in [0.4, 0.5) is 0 Å². The maximum atomic E-state index is 10.3. The topological polar surface area (TPSA) is 71.4 Å². The lowest BCUT2D eigenvalue weighted by Gasteiger charge is -1.98. The van der Waals surface area contributed by atoms with Crippen molar-refractivity contribution in [3.63, 3.8) is 0 Å². The van der Waals surface area contributed by atoms with Crippen LogP contribution in [-0.2, 0) is 21.4 Å². The highest BCUT2D eigenvalue weighted by molar-refractivity contribution is 8.07. The molecule has 0 spiro atoms. The largest absolute Gasteiger partial charge is 0.302 e. The minimum absolute atomic E-state index is 0.361. The van der Waals surface area contributed by atoms with Crippen LogP contribution in [0.1, 0.15) is 13.8 Å². The molecule has 6 heteroatoms. The zero-order chi connectivity index (χ0) is 8.31. The summed E-state index contributed by atoms with van der Waals surface area (Å²) in [5, 5.41) is 0. The van der Waals surface area contributed by atoms with Gasteiger partial charge in [0.1, 0.15) is 0 Å². The van der Waals surface area contributed by atoms with Gasteiger partial charge in [0.25, 0.3) is 0 Å². The Morgan fingerprint density at radius 1 is 1.30 bits per heavy atom. The minimum atomic E-state index is -2.55. The average Bonchev–Trinajstić information content (AvgIpc) is 1.59. The number of hydrogen-bond donors (Lipinski definition) is 1. The van der Waals surface area contributed by atoms with E-state index in [0.717, 1.165) is 0 Å². The van der Waals surface area contributed by atoms with Gasteiger partial charge in [0.15, 0.2) is 15.3 Å². The molecule has 0 radical (unpaired) electrons. The molecule has 0 aliphatic carbocycles. The van der Waals surface area contributed by atoms with Crippen LogP contribution in [0.25, 0.3) is 0 Å². The first-order chi connectivity index (χ1) is 4.46. The average molecular weight is 184 g/mol. The Morgan fingerprint density at radius 2 is 1.70 bits per heavy atom. The molecule has 0 heterocycles. The molecule has 0 rings (SSSR count). The van der Waals surface area contributed by atoms with Gasteiger partial charge in [-0.1, -0.05) is 13.8 Å². The molecular formula is C4H8O4S2. The molecule has 0 fully saturated rings. The molecule has 0 aromatic carbocycles. The molecule has 10 heavy (non-hydrogen) atoms. The predicted octanol–water partition coefficient (Wildman–Crippen LogP) is -0.127. The smallest absolute Gasteiger partial charge is 0.229 e. The van der Waals surface area contributed by atoms with Crippen LogP contribution in [0.2, 0.25) is 0 Å². The van der Waals surface area contributed by atoms with Gasteiger partial charge in [0.05, 0.1) is 0 Å². The third-order valence-electron chi connectivity index (χ3n) is 0.808. The highest BCUT2D eigenvalue weighted by atomic mass is 32.2. The molecule has 0 saturated heterocycles. The molecule has 0 bridgehead atoms. The lowest BCUT2D eigenvalue weighted by molar-refractivity contribution is 0.575. The van der Waals surface area contributed by atoms with Crippen molar-refractivity contribution in [2.75, 3.05) is 0 Å². The van der Waals surface area contributed by atoms with Crippen molar-refractivity contribution >= 4 is 25.6 Å². The fourth-order valence-electron chi connectivity index (χ4n) is 0.452. The Labute approximate surface area is 63.1 Å². The Bertz CT molecular complexity index is 253. The Morgan fingerprint density at radius 3 is 1.70 bits per heavy atom. The van der Waals surface area contributed by atoms with E-state index in [9.17, 15) is 12.6 Å². The summed E-state index contributed by atoms with van der Waals surface area (Å²) in [6.45, 7) is 3.08. The zero-order valence-corrected chi connectivity index (χ0v) is 7.20. The Balaban J connectivity index is 5.01. The lowest BCUT2D eigenvalue weighted by atomic mass is 10.3. The van der Waals surface area contributed by atoms with Crippen molar-refractivity contribution in [3.05, 3.63) is 0 Å². The normalized spacial score (nSPS) is 13.2. The summed E-state index contributed by atoms with van der Waals surface area (Å²) in [4.78, 5) is 0. The summed E-state index contributed by atoms with van der Waals surface area (Å²) in [6.07, 6.45) is 0. The second-order valence-electron chi connectivity index (χ2n) is 1.96. The van der Waals surface area contributed by atoms with Gasteiger partial charge in [0, 0.05) is 5.92 Å². The third-order valence-corrected chi connectivity index (χ3v) is 3.26. The van der Waals surface area contributed by atoms with Crippen molar-refractivity contribution in [2.24, 2.45) is 5.92 Å². The maximum Gasteiger partial charge on any atom is 0.229 e. The summed E-state index contributed by atoms with van der Waals surface area (Å²) in [5.41, 5.74) is 0. The van der Waals surface area contributed by atoms with E-state index in [2.05, 4.69) is 0 Å². The second kappa shape index (κ2) is 3.85. The van der Waals surface area contributed by atoms with E-state index in [1.807, 2.05) is 0 Å². The molecule has 0 aromatic heterocycles. The van der Waals surface area contributed by atoms with Crippen LogP contribution >= 0.6 is 0 Å². The standard InChI is InChI=1S/C4H8O4S2/c1-3(2)4(9(5)6)10(7)8/h3H,1-2H3,(H,5,6). The van der Waals surface area contributed by atoms with Crippen molar-refractivity contribution < 1.29 is 17.2 Å². The monoisotopic (exact) mass is 184 g/mol. The Hall–Kier alpha value is -0.200. The van der Waals surface area contributed by atoms with Gasteiger partial charge in [-0.15, -0.1) is 0 Å². The van der Waals surface area contributed by atoms with E-state index in [1.165, 1.54) is 0 Å². The highest BCUT2D eigenvalue weighted by Gasteiger charge is 2.12. The molecule has 0 aliphatic rings. The highest BCUT2D eigenvalue weighted by Crippen LogP contribution is 1.97. The summed E-state index contributed by atoms with van der Waals surface area (Å²) in [6, 6.07) is 0. The van der Waals surface area contributed by atoms with Crippen LogP contribution in [0.3, 0.4) is 0 Å². The third kappa shape index (κ3) is 2.59. The Kier molecular flexibility index (Phi) is 3.77. The summed E-state index contributed by atoms with van der Waals surface area (Å²) in [5.74, 6) is -0.413. The number of rotatable bonds is 1. The fourth-order valence-corrected chi connectivity index (χ4v) is 1.71. The van der Waals surface area contributed by atoms with E-state index >= 15 is 0 Å². The van der Waals surface area contributed by atoms with E-state index in [4.69, 9.17) is 4.55 Å². The molecular weight excluding hydrogens is 176 g/mol. The molecule has 1 N–H and O–H groups in total. The van der Waals surface area contributed by atoms with Gasteiger partial charge in [-0.3, -0.25) is 0 Å². The first-order valence-corrected chi connectivity index (χ1v) is 4.72. The van der Waals surface area contributed by atoms with E-state index < -0.39 is 27.3 Å². The van der Waals surface area contributed by atoms with Crippen LogP contribution in [0.5, 0.6) is 0 Å². The molecule has 60 valence electrons. The SMILES string of the molecule is CC(C)C(S(=O)O)=S(=O)=O. The zero-order valence-electron chi connectivity index (χ0n) is 5.57. The molecule has 1 unspecified atom stereocenters. The molecule has 4 nitrogen and oxygen atoms in total. The van der Waals surface area contributed by atoms with Crippen molar-refractivity contribution in [2.45, 2.75) is 13.8 Å². The summed E-state index contributed by atoms with van der Waals surface area (Å²) < 4.78 is 38.7. The van der Waals surface area contributed by atoms with Crippen molar-refractivity contribution in [3.8, 4) is 0 Å². The van der Waals surface area contributed by atoms with Gasteiger partial charge in [-0.2, -0.15) is 8.42 Å². The van der Waals surface area contributed by atoms with Gasteiger partial charge < -0.3 is 4.55 Å². The van der Waals surface area contributed by atoms with Gasteiger partial charge in [-0.25, -0.2) is 4.21 Å². The van der Waals surface area contributed by atoms with E-state index in [1.54, 1.807) is 13.8 Å². The summed E-state index contributed by atoms with van der Waals surface area (Å²) >= 11 is -2.36. The quantitative estimate of drug-likeness (QED) is 0.455. The van der Waals surface area contributed by atoms with Crippen molar-refractivity contribution in [1.82, 2.24) is 0 Å². The fraction of sp³-hybridized carbons (Fsp3) is 0.750. The van der Waals surface area contributed by atoms with Crippen LogP contribution in [0.15, 0.2) is 0 Å². The first-order valence-electron chi connectivity index (χ1n) is 2.53. The number of hydrogen-bond acceptors (Lipinski definition) is 3. The molecule has 0 aliphatic heterocycles. The van der Waals surface area contributed by atoms with Gasteiger partial charge in [0.2, 0.25) is 10.3 Å². The van der Waals surface area contributed by atoms with Gasteiger partial charge in [-0.05, 0) is 0 Å². The van der Waals surface area contributed by atoms with Crippen LogP contribution < -0.4 is 0 Å². The summed E-state index contributed by atoms with van der Waals surface area (Å²) in [7, 11) is -2.55. The molecule has 0 saturated carbocycles. The molecule has 0 amide bonds. The molecule has 1 atom stereocenters. The minimum Gasteiger partial charge on any atom is -0.302 e. The van der Waals surface area contributed by atoms with E-state index in [-0.39, 0.29) is 4.20 Å². The maximum absolute atomic E-state index is 10.3.